The second-order valence-electron chi connectivity index (χ2n) is 4.65. The lowest BCUT2D eigenvalue weighted by atomic mass is 9.84. The van der Waals surface area contributed by atoms with Crippen LogP contribution in [0.1, 0.15) is 40.0 Å². The third-order valence-electron chi connectivity index (χ3n) is 2.64. The summed E-state index contributed by atoms with van der Waals surface area (Å²) in [7, 11) is 0. The van der Waals surface area contributed by atoms with Gasteiger partial charge in [0, 0.05) is 6.54 Å². The van der Waals surface area contributed by atoms with E-state index in [1.54, 1.807) is 0 Å². The molecule has 0 aromatic heterocycles. The molecule has 0 spiro atoms. The maximum atomic E-state index is 4.59. The Kier molecular flexibility index (Phi) is 3.47. The van der Waals surface area contributed by atoms with E-state index in [9.17, 15) is 0 Å². The Bertz CT molecular complexity index is 145. The number of nitrogens with zero attached hydrogens (tertiary/aromatic N) is 1. The second-order valence-corrected chi connectivity index (χ2v) is 5.25. The maximum Gasteiger partial charge on any atom is 0.0528 e. The first-order valence-electron chi connectivity index (χ1n) is 4.97. The van der Waals surface area contributed by atoms with Gasteiger partial charge >= 0.3 is 0 Å². The molecule has 0 saturated carbocycles. The Balaban J connectivity index is 2.47. The van der Waals surface area contributed by atoms with E-state index in [4.69, 9.17) is 0 Å². The fraction of sp³-hybridized carbons (Fsp3) is 1.00. The first-order chi connectivity index (χ1) is 5.55. The van der Waals surface area contributed by atoms with Crippen LogP contribution in [0.25, 0.3) is 0 Å². The minimum absolute atomic E-state index is 0.508. The van der Waals surface area contributed by atoms with E-state index in [0.717, 1.165) is 0 Å². The van der Waals surface area contributed by atoms with Crippen molar-refractivity contribution in [2.75, 3.05) is 13.1 Å². The van der Waals surface area contributed by atoms with Gasteiger partial charge in [0.25, 0.3) is 0 Å². The predicted octanol–water partition coefficient (Wildman–Crippen LogP) is 2.77. The van der Waals surface area contributed by atoms with Crippen molar-refractivity contribution in [3.63, 3.8) is 0 Å². The molecular weight excluding hydrogens is 166 g/mol. The van der Waals surface area contributed by atoms with Crippen molar-refractivity contribution >= 4 is 12.6 Å². The topological polar surface area (TPSA) is 3.24 Å². The quantitative estimate of drug-likeness (QED) is 0.651. The molecule has 2 heteroatoms. The van der Waals surface area contributed by atoms with Gasteiger partial charge in [0.05, 0.1) is 5.37 Å². The summed E-state index contributed by atoms with van der Waals surface area (Å²) >= 11 is 4.59. The van der Waals surface area contributed by atoms with Gasteiger partial charge in [0.1, 0.15) is 0 Å². The molecule has 0 amide bonds. The van der Waals surface area contributed by atoms with Crippen molar-refractivity contribution in [1.82, 2.24) is 4.90 Å². The summed E-state index contributed by atoms with van der Waals surface area (Å²) in [4.78, 5) is 2.51. The summed E-state index contributed by atoms with van der Waals surface area (Å²) in [5.74, 6) is 0. The SMILES string of the molecule is CCCN1CC(C)(C)CCC1S. The van der Waals surface area contributed by atoms with Crippen LogP contribution < -0.4 is 0 Å². The summed E-state index contributed by atoms with van der Waals surface area (Å²) in [6.07, 6.45) is 3.81. The lowest BCUT2D eigenvalue weighted by Gasteiger charge is -2.41. The molecule has 72 valence electrons. The van der Waals surface area contributed by atoms with E-state index < -0.39 is 0 Å². The predicted molar refractivity (Wildman–Crippen MR) is 57.7 cm³/mol. The van der Waals surface area contributed by atoms with Gasteiger partial charge in [-0.15, -0.1) is 0 Å². The van der Waals surface area contributed by atoms with Crippen LogP contribution in [0.4, 0.5) is 0 Å². The van der Waals surface area contributed by atoms with Crippen LogP contribution in [0.15, 0.2) is 0 Å². The monoisotopic (exact) mass is 187 g/mol. The minimum Gasteiger partial charge on any atom is -0.291 e. The fourth-order valence-electron chi connectivity index (χ4n) is 1.95. The van der Waals surface area contributed by atoms with Crippen LogP contribution in [0.3, 0.4) is 0 Å². The molecule has 0 radical (unpaired) electrons. The highest BCUT2D eigenvalue weighted by atomic mass is 32.1. The zero-order chi connectivity index (χ0) is 9.19. The second kappa shape index (κ2) is 4.01. The minimum atomic E-state index is 0.508. The summed E-state index contributed by atoms with van der Waals surface area (Å²) in [5, 5.41) is 0.512. The maximum absolute atomic E-state index is 4.59. The molecule has 0 aromatic rings. The largest absolute Gasteiger partial charge is 0.291 e. The Morgan fingerprint density at radius 2 is 2.17 bits per heavy atom. The van der Waals surface area contributed by atoms with Gasteiger partial charge in [0.2, 0.25) is 0 Å². The van der Waals surface area contributed by atoms with Crippen LogP contribution in [0.2, 0.25) is 0 Å². The first kappa shape index (κ1) is 10.4. The molecule has 1 rings (SSSR count). The van der Waals surface area contributed by atoms with E-state index >= 15 is 0 Å². The number of thiol groups is 1. The van der Waals surface area contributed by atoms with E-state index in [0.29, 0.717) is 10.8 Å². The number of hydrogen-bond acceptors (Lipinski definition) is 2. The zero-order valence-corrected chi connectivity index (χ0v) is 9.40. The van der Waals surface area contributed by atoms with E-state index in [2.05, 4.69) is 38.3 Å². The molecule has 12 heavy (non-hydrogen) atoms. The van der Waals surface area contributed by atoms with Gasteiger partial charge in [-0.05, 0) is 31.2 Å². The molecule has 1 aliphatic heterocycles. The summed E-state index contributed by atoms with van der Waals surface area (Å²) in [6.45, 7) is 9.37. The Labute approximate surface area is 81.9 Å². The van der Waals surface area contributed by atoms with Gasteiger partial charge in [-0.1, -0.05) is 20.8 Å². The first-order valence-corrected chi connectivity index (χ1v) is 5.49. The molecule has 1 aliphatic rings. The molecule has 0 bridgehead atoms. The Hall–Kier alpha value is 0.310. The van der Waals surface area contributed by atoms with Crippen LogP contribution in [0, 0.1) is 5.41 Å². The molecule has 0 aliphatic carbocycles. The smallest absolute Gasteiger partial charge is 0.0528 e. The highest BCUT2D eigenvalue weighted by molar-refractivity contribution is 7.80. The summed E-state index contributed by atoms with van der Waals surface area (Å²) in [6, 6.07) is 0. The number of rotatable bonds is 2. The van der Waals surface area contributed by atoms with E-state index in [1.807, 2.05) is 0 Å². The van der Waals surface area contributed by atoms with E-state index in [-0.39, 0.29) is 0 Å². The standard InChI is InChI=1S/C10H21NS/c1-4-7-11-8-10(2,3)6-5-9(11)12/h9,12H,4-8H2,1-3H3. The Morgan fingerprint density at radius 3 is 2.75 bits per heavy atom. The van der Waals surface area contributed by atoms with E-state index in [1.165, 1.54) is 32.4 Å². The van der Waals surface area contributed by atoms with Gasteiger partial charge in [-0.25, -0.2) is 0 Å². The van der Waals surface area contributed by atoms with Crippen molar-refractivity contribution in [3.05, 3.63) is 0 Å². The Morgan fingerprint density at radius 1 is 1.50 bits per heavy atom. The molecule has 1 atom stereocenters. The van der Waals surface area contributed by atoms with Crippen LogP contribution >= 0.6 is 12.6 Å². The van der Waals surface area contributed by atoms with Crippen molar-refractivity contribution in [2.45, 2.75) is 45.4 Å². The van der Waals surface area contributed by atoms with Crippen LogP contribution in [-0.4, -0.2) is 23.4 Å². The number of piperidine rings is 1. The van der Waals surface area contributed by atoms with Crippen molar-refractivity contribution < 1.29 is 0 Å². The average Bonchev–Trinajstić information content (AvgIpc) is 1.97. The van der Waals surface area contributed by atoms with Crippen molar-refractivity contribution in [2.24, 2.45) is 5.41 Å². The summed E-state index contributed by atoms with van der Waals surface area (Å²) < 4.78 is 0. The zero-order valence-electron chi connectivity index (χ0n) is 8.51. The van der Waals surface area contributed by atoms with Crippen molar-refractivity contribution in [3.8, 4) is 0 Å². The van der Waals surface area contributed by atoms with Crippen molar-refractivity contribution in [1.29, 1.82) is 0 Å². The normalized spacial score (nSPS) is 30.5. The molecule has 1 heterocycles. The van der Waals surface area contributed by atoms with Crippen LogP contribution in [-0.2, 0) is 0 Å². The number of likely N-dealkylation sites (tertiary alicyclic amines) is 1. The fourth-order valence-corrected chi connectivity index (χ4v) is 2.28. The lowest BCUT2D eigenvalue weighted by molar-refractivity contribution is 0.103. The number of hydrogen-bond donors (Lipinski definition) is 1. The van der Waals surface area contributed by atoms with Gasteiger partial charge in [-0.2, -0.15) is 12.6 Å². The van der Waals surface area contributed by atoms with Crippen LogP contribution in [0.5, 0.6) is 0 Å². The highest BCUT2D eigenvalue weighted by Gasteiger charge is 2.30. The molecule has 0 aromatic carbocycles. The summed E-state index contributed by atoms with van der Waals surface area (Å²) in [5.41, 5.74) is 0.508. The van der Waals surface area contributed by atoms with Gasteiger partial charge < -0.3 is 0 Å². The molecule has 1 saturated heterocycles. The average molecular weight is 187 g/mol. The molecule has 1 fully saturated rings. The molecular formula is C10H21NS. The van der Waals surface area contributed by atoms with Gasteiger partial charge in [0.15, 0.2) is 0 Å². The molecule has 0 N–H and O–H groups in total. The highest BCUT2D eigenvalue weighted by Crippen LogP contribution is 2.32. The van der Waals surface area contributed by atoms with Gasteiger partial charge in [-0.3, -0.25) is 4.90 Å². The third kappa shape index (κ3) is 2.67. The molecule has 1 unspecified atom stereocenters. The molecule has 1 nitrogen and oxygen atoms in total. The third-order valence-corrected chi connectivity index (χ3v) is 3.23. The lowest BCUT2D eigenvalue weighted by Crippen LogP contribution is -2.44.